The molecule has 9 nitrogen and oxygen atoms in total. The van der Waals surface area contributed by atoms with Crippen LogP contribution in [-0.4, -0.2) is 57.5 Å². The molecule has 0 bridgehead atoms. The Labute approximate surface area is 168 Å². The van der Waals surface area contributed by atoms with Gasteiger partial charge in [-0.1, -0.05) is 24.3 Å². The van der Waals surface area contributed by atoms with E-state index in [2.05, 4.69) is 5.32 Å². The molecule has 10 heteroatoms. The molecule has 0 aliphatic carbocycles. The van der Waals surface area contributed by atoms with E-state index in [0.29, 0.717) is 5.56 Å². The first-order valence-electron chi connectivity index (χ1n) is 8.48. The summed E-state index contributed by atoms with van der Waals surface area (Å²) in [5.41, 5.74) is 0.255. The summed E-state index contributed by atoms with van der Waals surface area (Å²) in [6.45, 7) is -0.665. The maximum atomic E-state index is 12.4. The number of phenolic OH excluding ortho intramolecular Hbond substituents is 1. The molecule has 0 aromatic heterocycles. The lowest BCUT2D eigenvalue weighted by molar-refractivity contribution is -0.124. The number of rotatable bonds is 8. The van der Waals surface area contributed by atoms with Crippen molar-refractivity contribution in [2.75, 3.05) is 27.8 Å². The van der Waals surface area contributed by atoms with Gasteiger partial charge in [0.1, 0.15) is 5.56 Å². The molecule has 0 radical (unpaired) electrons. The van der Waals surface area contributed by atoms with Crippen molar-refractivity contribution in [3.63, 3.8) is 0 Å². The van der Waals surface area contributed by atoms with Crippen LogP contribution < -0.4 is 10.1 Å². The molecule has 156 valence electrons. The van der Waals surface area contributed by atoms with Crippen LogP contribution in [0.25, 0.3) is 0 Å². The summed E-state index contributed by atoms with van der Waals surface area (Å²) in [5, 5.41) is 12.4. The first-order valence-corrected chi connectivity index (χ1v) is 9.92. The number of carbonyl (C=O) groups excluding carboxylic acids is 2. The van der Waals surface area contributed by atoms with E-state index in [1.807, 2.05) is 0 Å². The fourth-order valence-corrected chi connectivity index (χ4v) is 3.52. The first-order chi connectivity index (χ1) is 13.7. The van der Waals surface area contributed by atoms with Gasteiger partial charge in [0.25, 0.3) is 5.91 Å². The molecule has 0 aliphatic heterocycles. The summed E-state index contributed by atoms with van der Waals surface area (Å²) in [6.07, 6.45) is 0. The summed E-state index contributed by atoms with van der Waals surface area (Å²) >= 11 is 0. The van der Waals surface area contributed by atoms with Gasteiger partial charge in [0, 0.05) is 20.6 Å². The van der Waals surface area contributed by atoms with E-state index in [-0.39, 0.29) is 28.5 Å². The Bertz CT molecular complexity index is 1000. The second-order valence-corrected chi connectivity index (χ2v) is 8.22. The number of hydrogen-bond acceptors (Lipinski definition) is 7. The topological polar surface area (TPSA) is 122 Å². The molecule has 2 aromatic carbocycles. The van der Waals surface area contributed by atoms with Gasteiger partial charge in [-0.25, -0.2) is 17.5 Å². The largest absolute Gasteiger partial charge is 0.504 e. The summed E-state index contributed by atoms with van der Waals surface area (Å²) in [5.74, 6) is -1.81. The molecular weight excluding hydrogens is 400 g/mol. The molecule has 2 aromatic rings. The molecule has 0 aliphatic rings. The van der Waals surface area contributed by atoms with Crippen molar-refractivity contribution >= 4 is 21.9 Å². The van der Waals surface area contributed by atoms with Gasteiger partial charge in [-0.3, -0.25) is 4.79 Å². The molecule has 2 rings (SSSR count). The minimum absolute atomic E-state index is 0.0654. The molecule has 0 unspecified atom stereocenters. The Morgan fingerprint density at radius 1 is 1.10 bits per heavy atom. The SMILES string of the molecule is COc1cccc(C(=O)OCC(=O)NCc2ccccc2S(=O)(=O)N(C)C)c1O. The lowest BCUT2D eigenvalue weighted by Gasteiger charge is -2.15. The van der Waals surface area contributed by atoms with Gasteiger partial charge in [-0.2, -0.15) is 0 Å². The van der Waals surface area contributed by atoms with Gasteiger partial charge in [0.15, 0.2) is 18.1 Å². The lowest BCUT2D eigenvalue weighted by atomic mass is 10.2. The number of sulfonamides is 1. The van der Waals surface area contributed by atoms with E-state index >= 15 is 0 Å². The fraction of sp³-hybridized carbons (Fsp3) is 0.263. The summed E-state index contributed by atoms with van der Waals surface area (Å²) in [4.78, 5) is 24.2. The van der Waals surface area contributed by atoms with Crippen LogP contribution in [0.5, 0.6) is 11.5 Å². The third-order valence-electron chi connectivity index (χ3n) is 3.98. The highest BCUT2D eigenvalue weighted by atomic mass is 32.2. The number of benzene rings is 2. The van der Waals surface area contributed by atoms with Gasteiger partial charge in [-0.15, -0.1) is 0 Å². The van der Waals surface area contributed by atoms with E-state index in [9.17, 15) is 23.1 Å². The number of para-hydroxylation sites is 1. The lowest BCUT2D eigenvalue weighted by Crippen LogP contribution is -2.30. The summed E-state index contributed by atoms with van der Waals surface area (Å²) < 4.78 is 35.6. The Kier molecular flexibility index (Phi) is 7.18. The van der Waals surface area contributed by atoms with E-state index in [1.54, 1.807) is 18.2 Å². The van der Waals surface area contributed by atoms with E-state index in [1.165, 1.54) is 45.5 Å². The van der Waals surface area contributed by atoms with Crippen molar-refractivity contribution < 1.29 is 32.6 Å². The monoisotopic (exact) mass is 422 g/mol. The number of amides is 1. The van der Waals surface area contributed by atoms with Crippen molar-refractivity contribution in [1.82, 2.24) is 9.62 Å². The maximum Gasteiger partial charge on any atom is 0.342 e. The number of nitrogens with one attached hydrogen (secondary N) is 1. The highest BCUT2D eigenvalue weighted by Crippen LogP contribution is 2.29. The predicted octanol–water partition coefficient (Wildman–Crippen LogP) is 1.12. The van der Waals surface area contributed by atoms with Gasteiger partial charge in [0.05, 0.1) is 12.0 Å². The fourth-order valence-electron chi connectivity index (χ4n) is 2.40. The van der Waals surface area contributed by atoms with Gasteiger partial charge in [-0.05, 0) is 23.8 Å². The summed E-state index contributed by atoms with van der Waals surface area (Å²) in [6, 6.07) is 10.6. The second kappa shape index (κ2) is 9.39. The van der Waals surface area contributed by atoms with Crippen molar-refractivity contribution in [2.24, 2.45) is 0 Å². The zero-order valence-electron chi connectivity index (χ0n) is 16.2. The molecule has 0 atom stereocenters. The minimum Gasteiger partial charge on any atom is -0.504 e. The van der Waals surface area contributed by atoms with Crippen molar-refractivity contribution in [2.45, 2.75) is 11.4 Å². The van der Waals surface area contributed by atoms with Crippen molar-refractivity contribution in [3.8, 4) is 11.5 Å². The minimum atomic E-state index is -3.67. The summed E-state index contributed by atoms with van der Waals surface area (Å²) in [7, 11) is 0.497. The van der Waals surface area contributed by atoms with Crippen LogP contribution in [0.15, 0.2) is 47.4 Å². The van der Waals surface area contributed by atoms with Crippen LogP contribution in [0.4, 0.5) is 0 Å². The van der Waals surface area contributed by atoms with E-state index in [4.69, 9.17) is 9.47 Å². The van der Waals surface area contributed by atoms with Gasteiger partial charge < -0.3 is 19.9 Å². The molecule has 0 fully saturated rings. The first kappa shape index (κ1) is 22.2. The third kappa shape index (κ3) is 5.24. The average molecular weight is 422 g/mol. The molecule has 0 saturated heterocycles. The van der Waals surface area contributed by atoms with Crippen LogP contribution in [0.3, 0.4) is 0 Å². The molecule has 29 heavy (non-hydrogen) atoms. The highest BCUT2D eigenvalue weighted by Gasteiger charge is 2.21. The normalized spacial score (nSPS) is 11.2. The molecule has 2 N–H and O–H groups in total. The number of aromatic hydroxyl groups is 1. The Hall–Kier alpha value is -3.11. The Morgan fingerprint density at radius 2 is 1.79 bits per heavy atom. The quantitative estimate of drug-likeness (QED) is 0.611. The maximum absolute atomic E-state index is 12.4. The molecular formula is C19H22N2O7S. The third-order valence-corrected chi connectivity index (χ3v) is 5.90. The smallest absolute Gasteiger partial charge is 0.342 e. The zero-order chi connectivity index (χ0) is 21.6. The van der Waals surface area contributed by atoms with Crippen LogP contribution in [0.1, 0.15) is 15.9 Å². The molecule has 0 saturated carbocycles. The van der Waals surface area contributed by atoms with Gasteiger partial charge in [0.2, 0.25) is 10.0 Å². The molecule has 0 heterocycles. The van der Waals surface area contributed by atoms with Crippen LogP contribution in [-0.2, 0) is 26.1 Å². The van der Waals surface area contributed by atoms with E-state index in [0.717, 1.165) is 4.31 Å². The number of ether oxygens (including phenoxy) is 2. The van der Waals surface area contributed by atoms with E-state index < -0.39 is 28.5 Å². The van der Waals surface area contributed by atoms with Crippen molar-refractivity contribution in [3.05, 3.63) is 53.6 Å². The number of phenols is 1. The molecule has 1 amide bonds. The Balaban J connectivity index is 1.99. The van der Waals surface area contributed by atoms with Crippen LogP contribution in [0.2, 0.25) is 0 Å². The zero-order valence-corrected chi connectivity index (χ0v) is 17.0. The number of carbonyl (C=O) groups is 2. The standard InChI is InChI=1S/C19H22N2O7S/c1-21(2)29(25,26)16-10-5-4-7-13(16)11-20-17(22)12-28-19(24)14-8-6-9-15(27-3)18(14)23/h4-10,23H,11-12H2,1-3H3,(H,20,22). The highest BCUT2D eigenvalue weighted by molar-refractivity contribution is 7.89. The van der Waals surface area contributed by atoms with Gasteiger partial charge >= 0.3 is 5.97 Å². The average Bonchev–Trinajstić information content (AvgIpc) is 2.70. The number of hydrogen-bond donors (Lipinski definition) is 2. The van der Waals surface area contributed by atoms with Crippen LogP contribution >= 0.6 is 0 Å². The predicted molar refractivity (Wildman–Crippen MR) is 104 cm³/mol. The number of nitrogens with zero attached hydrogens (tertiary/aromatic N) is 1. The number of esters is 1. The van der Waals surface area contributed by atoms with Crippen molar-refractivity contribution in [1.29, 1.82) is 0 Å². The second-order valence-electron chi connectivity index (χ2n) is 6.10. The Morgan fingerprint density at radius 3 is 2.45 bits per heavy atom. The van der Waals surface area contributed by atoms with Crippen LogP contribution in [0, 0.1) is 0 Å². The molecule has 0 spiro atoms. The number of methoxy groups -OCH3 is 1.